The summed E-state index contributed by atoms with van der Waals surface area (Å²) in [5.41, 5.74) is 6.82. The highest BCUT2D eigenvalue weighted by atomic mass is 16.2. The molecule has 9 nitrogen and oxygen atoms in total. The first-order valence-corrected chi connectivity index (χ1v) is 9.72. The van der Waals surface area contributed by atoms with Crippen LogP contribution in [0.4, 0.5) is 15.3 Å². The van der Waals surface area contributed by atoms with Crippen molar-refractivity contribution in [2.75, 3.05) is 25.0 Å². The number of amides is 6. The number of nitrogens with two attached hydrogens (primary N) is 1. The van der Waals surface area contributed by atoms with Crippen LogP contribution in [-0.2, 0) is 9.59 Å². The van der Waals surface area contributed by atoms with Crippen molar-refractivity contribution >= 4 is 29.6 Å². The number of para-hydroxylation sites is 1. The fourth-order valence-corrected chi connectivity index (χ4v) is 3.93. The number of rotatable bonds is 4. The summed E-state index contributed by atoms with van der Waals surface area (Å²) >= 11 is 0. The number of anilines is 1. The SMILES string of the molecule is Cc1cccc(C(C)C)c1NC(=O)CN1C(=O)NC2(CCN(C(N)=O)CC2)C1=O. The maximum atomic E-state index is 12.9. The Hall–Kier alpha value is -3.10. The fourth-order valence-electron chi connectivity index (χ4n) is 3.93. The second-order valence-electron chi connectivity index (χ2n) is 7.97. The van der Waals surface area contributed by atoms with Gasteiger partial charge in [-0.05, 0) is 36.8 Å². The molecule has 3 rings (SSSR count). The molecule has 2 fully saturated rings. The van der Waals surface area contributed by atoms with E-state index in [1.165, 1.54) is 4.90 Å². The molecule has 156 valence electrons. The van der Waals surface area contributed by atoms with Crippen molar-refractivity contribution in [3.8, 4) is 0 Å². The number of carbonyl (C=O) groups excluding carboxylic acids is 4. The number of piperidine rings is 1. The molecule has 6 amide bonds. The largest absolute Gasteiger partial charge is 0.351 e. The number of primary amides is 1. The zero-order valence-corrected chi connectivity index (χ0v) is 16.9. The Morgan fingerprint density at radius 3 is 2.48 bits per heavy atom. The molecule has 2 aliphatic heterocycles. The Morgan fingerprint density at radius 2 is 1.90 bits per heavy atom. The maximum absolute atomic E-state index is 12.9. The Morgan fingerprint density at radius 1 is 1.24 bits per heavy atom. The molecule has 0 saturated carbocycles. The lowest BCUT2D eigenvalue weighted by atomic mass is 9.87. The van der Waals surface area contributed by atoms with Crippen LogP contribution in [0.1, 0.15) is 43.7 Å². The number of likely N-dealkylation sites (tertiary alicyclic amines) is 1. The lowest BCUT2D eigenvalue weighted by Crippen LogP contribution is -2.56. The first kappa shape index (κ1) is 20.6. The zero-order valence-electron chi connectivity index (χ0n) is 16.9. The van der Waals surface area contributed by atoms with E-state index in [1.54, 1.807) is 0 Å². The van der Waals surface area contributed by atoms with E-state index in [-0.39, 0.29) is 38.4 Å². The second-order valence-corrected chi connectivity index (χ2v) is 7.97. The molecule has 0 aromatic heterocycles. The average molecular weight is 401 g/mol. The van der Waals surface area contributed by atoms with Gasteiger partial charge in [-0.3, -0.25) is 14.5 Å². The highest BCUT2D eigenvalue weighted by Crippen LogP contribution is 2.30. The van der Waals surface area contributed by atoms with Crippen molar-refractivity contribution in [1.29, 1.82) is 0 Å². The van der Waals surface area contributed by atoms with Gasteiger partial charge in [-0.2, -0.15) is 0 Å². The van der Waals surface area contributed by atoms with Gasteiger partial charge < -0.3 is 21.3 Å². The number of nitrogens with zero attached hydrogens (tertiary/aromatic N) is 2. The molecular formula is C20H27N5O4. The van der Waals surface area contributed by atoms with Gasteiger partial charge in [0.2, 0.25) is 5.91 Å². The molecule has 2 heterocycles. The van der Waals surface area contributed by atoms with Gasteiger partial charge in [-0.1, -0.05) is 32.0 Å². The Labute approximate surface area is 169 Å². The van der Waals surface area contributed by atoms with Crippen LogP contribution in [0, 0.1) is 6.92 Å². The molecule has 9 heteroatoms. The van der Waals surface area contributed by atoms with Crippen LogP contribution in [0.25, 0.3) is 0 Å². The summed E-state index contributed by atoms with van der Waals surface area (Å²) in [5, 5.41) is 5.58. The van der Waals surface area contributed by atoms with E-state index in [0.717, 1.165) is 16.0 Å². The molecule has 2 aliphatic rings. The predicted octanol–water partition coefficient (Wildman–Crippen LogP) is 1.52. The van der Waals surface area contributed by atoms with Crippen molar-refractivity contribution in [2.24, 2.45) is 5.73 Å². The van der Waals surface area contributed by atoms with Crippen LogP contribution in [0.3, 0.4) is 0 Å². The number of carbonyl (C=O) groups is 4. The third-order valence-electron chi connectivity index (χ3n) is 5.67. The molecule has 1 aromatic carbocycles. The summed E-state index contributed by atoms with van der Waals surface area (Å²) in [6.45, 7) is 6.16. The first-order valence-electron chi connectivity index (χ1n) is 9.72. The van der Waals surface area contributed by atoms with E-state index in [0.29, 0.717) is 5.69 Å². The minimum Gasteiger partial charge on any atom is -0.351 e. The number of benzene rings is 1. The van der Waals surface area contributed by atoms with Crippen LogP contribution in [0.15, 0.2) is 18.2 Å². The van der Waals surface area contributed by atoms with E-state index >= 15 is 0 Å². The molecule has 0 radical (unpaired) electrons. The van der Waals surface area contributed by atoms with Crippen LogP contribution in [0.2, 0.25) is 0 Å². The van der Waals surface area contributed by atoms with Crippen molar-refractivity contribution in [3.63, 3.8) is 0 Å². The quantitative estimate of drug-likeness (QED) is 0.662. The lowest BCUT2D eigenvalue weighted by molar-refractivity contribution is -0.135. The van der Waals surface area contributed by atoms with Crippen molar-refractivity contribution < 1.29 is 19.2 Å². The van der Waals surface area contributed by atoms with E-state index in [2.05, 4.69) is 10.6 Å². The lowest BCUT2D eigenvalue weighted by Gasteiger charge is -2.36. The number of nitrogens with one attached hydrogen (secondary N) is 2. The maximum Gasteiger partial charge on any atom is 0.325 e. The van der Waals surface area contributed by atoms with Gasteiger partial charge in [0.1, 0.15) is 12.1 Å². The van der Waals surface area contributed by atoms with Gasteiger partial charge in [0.05, 0.1) is 0 Å². The molecule has 0 atom stereocenters. The fraction of sp³-hybridized carbons (Fsp3) is 0.500. The number of hydrogen-bond acceptors (Lipinski definition) is 4. The Balaban J connectivity index is 1.70. The zero-order chi connectivity index (χ0) is 21.3. The molecule has 1 spiro atoms. The van der Waals surface area contributed by atoms with E-state index in [9.17, 15) is 19.2 Å². The molecule has 0 aliphatic carbocycles. The predicted molar refractivity (Wildman–Crippen MR) is 107 cm³/mol. The molecule has 1 aromatic rings. The molecule has 2 saturated heterocycles. The van der Waals surface area contributed by atoms with Crippen LogP contribution in [0.5, 0.6) is 0 Å². The summed E-state index contributed by atoms with van der Waals surface area (Å²) in [6, 6.07) is 4.64. The highest BCUT2D eigenvalue weighted by Gasteiger charge is 2.53. The van der Waals surface area contributed by atoms with Gasteiger partial charge in [-0.15, -0.1) is 0 Å². The van der Waals surface area contributed by atoms with Crippen LogP contribution < -0.4 is 16.4 Å². The Bertz CT molecular complexity index is 858. The number of imide groups is 1. The number of urea groups is 2. The summed E-state index contributed by atoms with van der Waals surface area (Å²) in [4.78, 5) is 51.7. The van der Waals surface area contributed by atoms with Crippen molar-refractivity contribution in [2.45, 2.75) is 45.1 Å². The second kappa shape index (κ2) is 7.73. The van der Waals surface area contributed by atoms with E-state index in [4.69, 9.17) is 5.73 Å². The van der Waals surface area contributed by atoms with Gasteiger partial charge in [0, 0.05) is 18.8 Å². The smallest absolute Gasteiger partial charge is 0.325 e. The van der Waals surface area contributed by atoms with E-state index < -0.39 is 29.4 Å². The topological polar surface area (TPSA) is 125 Å². The molecule has 0 unspecified atom stereocenters. The molecule has 0 bridgehead atoms. The average Bonchev–Trinajstić information content (AvgIpc) is 2.87. The van der Waals surface area contributed by atoms with E-state index in [1.807, 2.05) is 39.0 Å². The van der Waals surface area contributed by atoms with Crippen molar-refractivity contribution in [1.82, 2.24) is 15.1 Å². The number of aryl methyl sites for hydroxylation is 1. The third kappa shape index (κ3) is 3.90. The minimum atomic E-state index is -1.07. The summed E-state index contributed by atoms with van der Waals surface area (Å²) in [5.74, 6) is -0.660. The standard InChI is InChI=1S/C20H27N5O4/c1-12(2)14-6-4-5-13(3)16(14)22-15(26)11-25-17(27)20(23-19(25)29)7-9-24(10-8-20)18(21)28/h4-6,12H,7-11H2,1-3H3,(H2,21,28)(H,22,26)(H,23,29). The van der Waals surface area contributed by atoms with Gasteiger partial charge in [0.15, 0.2) is 0 Å². The van der Waals surface area contributed by atoms with Crippen LogP contribution >= 0.6 is 0 Å². The van der Waals surface area contributed by atoms with Gasteiger partial charge in [0.25, 0.3) is 5.91 Å². The molecule has 29 heavy (non-hydrogen) atoms. The number of hydrogen-bond donors (Lipinski definition) is 3. The monoisotopic (exact) mass is 401 g/mol. The molecule has 4 N–H and O–H groups in total. The van der Waals surface area contributed by atoms with Gasteiger partial charge in [-0.25, -0.2) is 9.59 Å². The summed E-state index contributed by atoms with van der Waals surface area (Å²) in [7, 11) is 0. The van der Waals surface area contributed by atoms with Crippen LogP contribution in [-0.4, -0.2) is 58.8 Å². The summed E-state index contributed by atoms with van der Waals surface area (Å²) in [6.07, 6.45) is 0.543. The van der Waals surface area contributed by atoms with Crippen molar-refractivity contribution in [3.05, 3.63) is 29.3 Å². The highest BCUT2D eigenvalue weighted by molar-refractivity contribution is 6.10. The minimum absolute atomic E-state index is 0.209. The Kier molecular flexibility index (Phi) is 5.50. The first-order chi connectivity index (χ1) is 13.6. The molecular weight excluding hydrogens is 374 g/mol. The van der Waals surface area contributed by atoms with Gasteiger partial charge >= 0.3 is 12.1 Å². The summed E-state index contributed by atoms with van der Waals surface area (Å²) < 4.78 is 0. The normalized spacial score (nSPS) is 18.3. The third-order valence-corrected chi connectivity index (χ3v) is 5.67.